The summed E-state index contributed by atoms with van der Waals surface area (Å²) in [7, 11) is 3.40. The predicted octanol–water partition coefficient (Wildman–Crippen LogP) is 0.927. The van der Waals surface area contributed by atoms with E-state index in [0.29, 0.717) is 0 Å². The zero-order valence-corrected chi connectivity index (χ0v) is 9.71. The second-order valence-corrected chi connectivity index (χ2v) is 5.22. The van der Waals surface area contributed by atoms with Gasteiger partial charge in [0.15, 0.2) is 5.78 Å². The largest absolute Gasteiger partial charge is 0.389 e. The monoisotopic (exact) mass is 223 g/mol. The zero-order chi connectivity index (χ0) is 10.1. The summed E-state index contributed by atoms with van der Waals surface area (Å²) in [5, 5.41) is 11.7. The van der Waals surface area contributed by atoms with E-state index in [-0.39, 0.29) is 18.4 Å². The summed E-state index contributed by atoms with van der Waals surface area (Å²) < 4.78 is 0. The summed E-state index contributed by atoms with van der Waals surface area (Å²) in [6.07, 6.45) is 0. The van der Waals surface area contributed by atoms with Crippen molar-refractivity contribution in [2.24, 2.45) is 0 Å². The van der Waals surface area contributed by atoms with Crippen molar-refractivity contribution >= 4 is 27.4 Å². The molecule has 0 rings (SSSR count). The van der Waals surface area contributed by atoms with E-state index in [0.717, 1.165) is 18.1 Å². The summed E-state index contributed by atoms with van der Waals surface area (Å²) in [5.74, 6) is 1.65. The lowest BCUT2D eigenvalue weighted by Crippen LogP contribution is -2.40. The second-order valence-electron chi connectivity index (χ2n) is 2.43. The molecule has 0 spiro atoms. The molecule has 0 bridgehead atoms. The molecule has 1 atom stereocenters. The highest BCUT2D eigenvalue weighted by Gasteiger charge is 2.15. The lowest BCUT2D eigenvalue weighted by molar-refractivity contribution is -0.123. The Morgan fingerprint density at radius 1 is 1.46 bits per heavy atom. The third kappa shape index (κ3) is 6.37. The number of aliphatic hydroxyl groups excluding tert-OH is 1. The van der Waals surface area contributed by atoms with E-state index < -0.39 is 0 Å². The number of rotatable bonds is 8. The number of Topliss-reactive ketones (excluding diaryl/α,β-unsaturated/α-hetero) is 1. The van der Waals surface area contributed by atoms with Crippen LogP contribution in [0, 0.1) is 0 Å². The fourth-order valence-corrected chi connectivity index (χ4v) is 2.72. The minimum Gasteiger partial charge on any atom is -0.389 e. The minimum atomic E-state index is -0.366. The standard InChI is InChI=1S/C8H17NO2S2/c1-3-9-7(8(11)5-10)6-13-12-4-2/h7,9-10H,3-6H2,1-2H3. The van der Waals surface area contributed by atoms with Gasteiger partial charge in [-0.3, -0.25) is 4.79 Å². The van der Waals surface area contributed by atoms with Crippen molar-refractivity contribution in [2.75, 3.05) is 24.7 Å². The number of aliphatic hydroxyl groups is 1. The van der Waals surface area contributed by atoms with E-state index in [1.54, 1.807) is 21.6 Å². The Labute approximate surface area is 87.4 Å². The number of hydrogen-bond donors (Lipinski definition) is 2. The van der Waals surface area contributed by atoms with Gasteiger partial charge in [0.05, 0.1) is 6.04 Å². The molecular weight excluding hydrogens is 206 g/mol. The Kier molecular flexibility index (Phi) is 9.07. The molecule has 0 aliphatic rings. The first-order valence-corrected chi connectivity index (χ1v) is 6.86. The van der Waals surface area contributed by atoms with E-state index >= 15 is 0 Å². The van der Waals surface area contributed by atoms with Crippen molar-refractivity contribution < 1.29 is 9.90 Å². The van der Waals surface area contributed by atoms with Crippen LogP contribution in [0.15, 0.2) is 0 Å². The van der Waals surface area contributed by atoms with Crippen LogP contribution in [0.3, 0.4) is 0 Å². The van der Waals surface area contributed by atoms with Crippen LogP contribution in [0.25, 0.3) is 0 Å². The average Bonchev–Trinajstić information content (AvgIpc) is 2.16. The first kappa shape index (κ1) is 13.3. The van der Waals surface area contributed by atoms with Gasteiger partial charge in [0.2, 0.25) is 0 Å². The molecule has 0 fully saturated rings. The number of carbonyl (C=O) groups excluding carboxylic acids is 1. The van der Waals surface area contributed by atoms with Gasteiger partial charge >= 0.3 is 0 Å². The van der Waals surface area contributed by atoms with Gasteiger partial charge in [-0.05, 0) is 6.54 Å². The number of hydrogen-bond acceptors (Lipinski definition) is 5. The van der Waals surface area contributed by atoms with Gasteiger partial charge in [-0.1, -0.05) is 35.4 Å². The predicted molar refractivity (Wildman–Crippen MR) is 60.1 cm³/mol. The van der Waals surface area contributed by atoms with Gasteiger partial charge in [-0.2, -0.15) is 0 Å². The van der Waals surface area contributed by atoms with Crippen LogP contribution in [0.4, 0.5) is 0 Å². The molecule has 1 unspecified atom stereocenters. The summed E-state index contributed by atoms with van der Waals surface area (Å²) >= 11 is 0. The highest BCUT2D eigenvalue weighted by atomic mass is 33.1. The quantitative estimate of drug-likeness (QED) is 0.473. The molecule has 0 aliphatic heterocycles. The third-order valence-electron chi connectivity index (χ3n) is 1.43. The highest BCUT2D eigenvalue weighted by molar-refractivity contribution is 8.76. The lowest BCUT2D eigenvalue weighted by atomic mass is 10.2. The molecule has 78 valence electrons. The smallest absolute Gasteiger partial charge is 0.175 e. The molecule has 2 N–H and O–H groups in total. The van der Waals surface area contributed by atoms with Crippen molar-refractivity contribution in [3.63, 3.8) is 0 Å². The maximum atomic E-state index is 11.2. The van der Waals surface area contributed by atoms with Gasteiger partial charge in [0, 0.05) is 11.5 Å². The van der Waals surface area contributed by atoms with Gasteiger partial charge in [0.25, 0.3) is 0 Å². The number of nitrogens with one attached hydrogen (secondary N) is 1. The molecule has 3 nitrogen and oxygen atoms in total. The van der Waals surface area contributed by atoms with E-state index in [1.807, 2.05) is 6.92 Å². The summed E-state index contributed by atoms with van der Waals surface area (Å²) in [6, 6.07) is -0.195. The third-order valence-corrected chi connectivity index (χ3v) is 3.92. The van der Waals surface area contributed by atoms with E-state index in [4.69, 9.17) is 5.11 Å². The van der Waals surface area contributed by atoms with Crippen LogP contribution in [0.5, 0.6) is 0 Å². The zero-order valence-electron chi connectivity index (χ0n) is 8.08. The fourth-order valence-electron chi connectivity index (χ4n) is 0.822. The minimum absolute atomic E-state index is 0.119. The van der Waals surface area contributed by atoms with E-state index in [1.165, 1.54) is 0 Å². The van der Waals surface area contributed by atoms with Crippen molar-refractivity contribution in [3.05, 3.63) is 0 Å². The van der Waals surface area contributed by atoms with Crippen LogP contribution >= 0.6 is 21.6 Å². The fraction of sp³-hybridized carbons (Fsp3) is 0.875. The molecule has 13 heavy (non-hydrogen) atoms. The van der Waals surface area contributed by atoms with Gasteiger partial charge in [-0.25, -0.2) is 0 Å². The Morgan fingerprint density at radius 2 is 2.15 bits per heavy atom. The maximum Gasteiger partial charge on any atom is 0.175 e. The molecule has 0 aromatic heterocycles. The first-order valence-electron chi connectivity index (χ1n) is 4.37. The highest BCUT2D eigenvalue weighted by Crippen LogP contribution is 2.21. The summed E-state index contributed by atoms with van der Waals surface area (Å²) in [6.45, 7) is 4.42. The normalized spacial score (nSPS) is 12.8. The van der Waals surface area contributed by atoms with E-state index in [9.17, 15) is 4.79 Å². The van der Waals surface area contributed by atoms with Crippen molar-refractivity contribution in [3.8, 4) is 0 Å². The van der Waals surface area contributed by atoms with Crippen LogP contribution in [0.2, 0.25) is 0 Å². The molecule has 0 aliphatic carbocycles. The van der Waals surface area contributed by atoms with Crippen molar-refractivity contribution in [1.82, 2.24) is 5.32 Å². The number of carbonyl (C=O) groups is 1. The molecule has 0 saturated heterocycles. The molecule has 5 heteroatoms. The van der Waals surface area contributed by atoms with E-state index in [2.05, 4.69) is 12.2 Å². The molecule has 0 saturated carbocycles. The van der Waals surface area contributed by atoms with Crippen LogP contribution in [0.1, 0.15) is 13.8 Å². The van der Waals surface area contributed by atoms with Gasteiger partial charge in [-0.15, -0.1) is 0 Å². The Morgan fingerprint density at radius 3 is 2.62 bits per heavy atom. The molecule has 0 amide bonds. The molecule has 0 aromatic rings. The number of ketones is 1. The Hall–Kier alpha value is 0.290. The van der Waals surface area contributed by atoms with Crippen LogP contribution in [-0.4, -0.2) is 41.6 Å². The maximum absolute atomic E-state index is 11.2. The summed E-state index contributed by atoms with van der Waals surface area (Å²) in [5.41, 5.74) is 0. The van der Waals surface area contributed by atoms with Crippen LogP contribution in [-0.2, 0) is 4.79 Å². The summed E-state index contributed by atoms with van der Waals surface area (Å²) in [4.78, 5) is 11.2. The SMILES string of the molecule is CCNC(CSSCC)C(=O)CO. The molecule has 0 radical (unpaired) electrons. The second kappa shape index (κ2) is 8.87. The molecule has 0 aromatic carbocycles. The Bertz CT molecular complexity index is 144. The van der Waals surface area contributed by atoms with Crippen molar-refractivity contribution in [1.29, 1.82) is 0 Å². The molecular formula is C8H17NO2S2. The number of likely N-dealkylation sites (N-methyl/N-ethyl adjacent to an activating group) is 1. The van der Waals surface area contributed by atoms with Gasteiger partial charge < -0.3 is 10.4 Å². The Balaban J connectivity index is 3.73. The van der Waals surface area contributed by atoms with Crippen LogP contribution < -0.4 is 5.32 Å². The lowest BCUT2D eigenvalue weighted by Gasteiger charge is -2.14. The van der Waals surface area contributed by atoms with Gasteiger partial charge in [0.1, 0.15) is 6.61 Å². The average molecular weight is 223 g/mol. The first-order chi connectivity index (χ1) is 6.26. The topological polar surface area (TPSA) is 49.3 Å². The van der Waals surface area contributed by atoms with Crippen molar-refractivity contribution in [2.45, 2.75) is 19.9 Å². The molecule has 0 heterocycles.